The van der Waals surface area contributed by atoms with Crippen molar-refractivity contribution in [2.75, 3.05) is 0 Å². The van der Waals surface area contributed by atoms with Gasteiger partial charge >= 0.3 is 5.51 Å². The largest absolute Gasteiger partial charge is 0.470 e. The number of nitrogens with zero attached hydrogens (tertiary/aromatic N) is 1. The summed E-state index contributed by atoms with van der Waals surface area (Å²) >= 11 is -0.894. The highest BCUT2D eigenvalue weighted by atomic mass is 32.2. The summed E-state index contributed by atoms with van der Waals surface area (Å²) in [4.78, 5) is 24.7. The number of aryl methyl sites for hydroxylation is 1. The van der Waals surface area contributed by atoms with Crippen LogP contribution >= 0.6 is 12.0 Å². The zero-order valence-corrected chi connectivity index (χ0v) is 12.6. The number of halogens is 3. The zero-order valence-electron chi connectivity index (χ0n) is 11.8. The number of hydroxylamine groups is 2. The molecule has 2 aromatic rings. The Bertz CT molecular complexity index is 819. The van der Waals surface area contributed by atoms with Gasteiger partial charge in [-0.3, -0.25) is 9.59 Å². The lowest BCUT2D eigenvalue weighted by atomic mass is 9.92. The average Bonchev–Trinajstić information content (AvgIpc) is 2.50. The van der Waals surface area contributed by atoms with Gasteiger partial charge in [-0.2, -0.15) is 17.5 Å². The number of hydrogen-bond donors (Lipinski definition) is 0. The Morgan fingerprint density at radius 3 is 2.48 bits per heavy atom. The van der Waals surface area contributed by atoms with Gasteiger partial charge in [0.2, 0.25) is 0 Å². The molecule has 0 unspecified atom stereocenters. The zero-order chi connectivity index (χ0) is 16.8. The van der Waals surface area contributed by atoms with E-state index in [1.165, 1.54) is 6.07 Å². The standard InChI is InChI=1S/C15H10F3NO3S/c1-2-8-6-9-4-3-5-10-12(9)11(7-8)14(21)19(13(10)20)22-23-15(16,17)18/h3-7H,2H2,1H3. The Kier molecular flexibility index (Phi) is 3.81. The Morgan fingerprint density at radius 1 is 1.13 bits per heavy atom. The van der Waals surface area contributed by atoms with E-state index < -0.39 is 29.4 Å². The lowest BCUT2D eigenvalue weighted by molar-refractivity contribution is -0.0570. The van der Waals surface area contributed by atoms with Gasteiger partial charge in [0.05, 0.1) is 11.1 Å². The molecule has 23 heavy (non-hydrogen) atoms. The number of imide groups is 1. The Balaban J connectivity index is 2.12. The summed E-state index contributed by atoms with van der Waals surface area (Å²) in [5.41, 5.74) is -3.58. The van der Waals surface area contributed by atoms with E-state index in [0.29, 0.717) is 17.2 Å². The molecule has 0 spiro atoms. The molecule has 0 fully saturated rings. The molecule has 1 heterocycles. The molecule has 4 nitrogen and oxygen atoms in total. The van der Waals surface area contributed by atoms with Crippen LogP contribution in [0.3, 0.4) is 0 Å². The molecule has 0 radical (unpaired) electrons. The first kappa shape index (κ1) is 15.8. The summed E-state index contributed by atoms with van der Waals surface area (Å²) in [5.74, 6) is -1.81. The fraction of sp³-hybridized carbons (Fsp3) is 0.200. The predicted octanol–water partition coefficient (Wildman–Crippen LogP) is 4.10. The highest BCUT2D eigenvalue weighted by molar-refractivity contribution is 7.95. The fourth-order valence-electron chi connectivity index (χ4n) is 2.50. The van der Waals surface area contributed by atoms with Crippen molar-refractivity contribution < 1.29 is 27.0 Å². The van der Waals surface area contributed by atoms with Crippen LogP contribution in [-0.2, 0) is 10.7 Å². The molecule has 3 rings (SSSR count). The smallest absolute Gasteiger partial charge is 0.266 e. The molecule has 0 saturated heterocycles. The lowest BCUT2D eigenvalue weighted by Gasteiger charge is -2.25. The Hall–Kier alpha value is -2.06. The molecule has 1 aliphatic heterocycles. The predicted molar refractivity (Wildman–Crippen MR) is 78.6 cm³/mol. The molecule has 2 aromatic carbocycles. The first-order valence-electron chi connectivity index (χ1n) is 6.69. The van der Waals surface area contributed by atoms with Gasteiger partial charge in [0.25, 0.3) is 11.8 Å². The van der Waals surface area contributed by atoms with Crippen LogP contribution in [0.25, 0.3) is 10.8 Å². The molecule has 0 N–H and O–H groups in total. The van der Waals surface area contributed by atoms with Crippen molar-refractivity contribution in [3.05, 3.63) is 47.0 Å². The van der Waals surface area contributed by atoms with Crippen molar-refractivity contribution in [3.8, 4) is 0 Å². The summed E-state index contributed by atoms with van der Waals surface area (Å²) in [6.45, 7) is 1.89. The molecular formula is C15H10F3NO3S. The normalized spacial score (nSPS) is 14.7. The highest BCUT2D eigenvalue weighted by Gasteiger charge is 2.39. The molecule has 0 bridgehead atoms. The van der Waals surface area contributed by atoms with Crippen LogP contribution in [0.1, 0.15) is 33.2 Å². The van der Waals surface area contributed by atoms with Gasteiger partial charge in [0, 0.05) is 5.39 Å². The summed E-state index contributed by atoms with van der Waals surface area (Å²) in [5, 5.41) is 1.30. The maximum atomic E-state index is 12.4. The SMILES string of the molecule is CCc1cc2c3c(cccc3c1)C(=O)N(OSC(F)(F)F)C2=O. The monoisotopic (exact) mass is 341 g/mol. The van der Waals surface area contributed by atoms with Crippen LogP contribution in [0.2, 0.25) is 0 Å². The molecular weight excluding hydrogens is 331 g/mol. The number of carbonyl (C=O) groups excluding carboxylic acids is 2. The molecule has 0 saturated carbocycles. The van der Waals surface area contributed by atoms with E-state index in [-0.39, 0.29) is 16.2 Å². The Labute approximate surface area is 133 Å². The maximum absolute atomic E-state index is 12.4. The summed E-state index contributed by atoms with van der Waals surface area (Å²) in [6, 6.07) is 8.26. The fourth-order valence-corrected chi connectivity index (χ4v) is 2.79. The van der Waals surface area contributed by atoms with Crippen LogP contribution in [0.15, 0.2) is 30.3 Å². The van der Waals surface area contributed by atoms with Gasteiger partial charge in [-0.05, 0) is 29.5 Å². The molecule has 120 valence electrons. The van der Waals surface area contributed by atoms with E-state index >= 15 is 0 Å². The number of alkyl halides is 3. The summed E-state index contributed by atoms with van der Waals surface area (Å²) in [6.07, 6.45) is 0.645. The van der Waals surface area contributed by atoms with Gasteiger partial charge < -0.3 is 0 Å². The minimum absolute atomic E-state index is 0.141. The maximum Gasteiger partial charge on any atom is 0.470 e. The van der Waals surface area contributed by atoms with Crippen LogP contribution in [0, 0.1) is 0 Å². The minimum atomic E-state index is -4.72. The second-order valence-corrected chi connectivity index (χ2v) is 5.69. The number of amides is 2. The first-order chi connectivity index (χ1) is 10.8. The molecule has 0 aromatic heterocycles. The van der Waals surface area contributed by atoms with E-state index in [2.05, 4.69) is 4.28 Å². The van der Waals surface area contributed by atoms with Crippen molar-refractivity contribution in [1.82, 2.24) is 5.06 Å². The van der Waals surface area contributed by atoms with Gasteiger partial charge in [-0.25, -0.2) is 0 Å². The molecule has 2 amide bonds. The van der Waals surface area contributed by atoms with Gasteiger partial charge in [0.15, 0.2) is 0 Å². The van der Waals surface area contributed by atoms with Gasteiger partial charge in [-0.1, -0.05) is 25.1 Å². The van der Waals surface area contributed by atoms with Gasteiger partial charge in [-0.15, -0.1) is 5.06 Å². The summed E-state index contributed by atoms with van der Waals surface area (Å²) in [7, 11) is 0. The van der Waals surface area contributed by atoms with E-state index in [0.717, 1.165) is 5.56 Å². The molecule has 8 heteroatoms. The van der Waals surface area contributed by atoms with Crippen molar-refractivity contribution in [2.24, 2.45) is 0 Å². The number of hydrogen-bond acceptors (Lipinski definition) is 4. The number of rotatable bonds is 3. The lowest BCUT2D eigenvalue weighted by Crippen LogP contribution is -2.39. The van der Waals surface area contributed by atoms with Gasteiger partial charge in [0.1, 0.15) is 12.0 Å². The third-order valence-electron chi connectivity index (χ3n) is 3.48. The third-order valence-corrected chi connectivity index (χ3v) is 3.89. The second kappa shape index (κ2) is 5.54. The highest BCUT2D eigenvalue weighted by Crippen LogP contribution is 2.36. The van der Waals surface area contributed by atoms with Crippen molar-refractivity contribution in [2.45, 2.75) is 18.9 Å². The second-order valence-electron chi connectivity index (χ2n) is 4.91. The number of carbonyl (C=O) groups is 2. The Morgan fingerprint density at radius 2 is 1.83 bits per heavy atom. The van der Waals surface area contributed by atoms with Crippen LogP contribution in [0.4, 0.5) is 13.2 Å². The van der Waals surface area contributed by atoms with Crippen LogP contribution < -0.4 is 0 Å². The van der Waals surface area contributed by atoms with Crippen molar-refractivity contribution in [1.29, 1.82) is 0 Å². The third kappa shape index (κ3) is 2.79. The number of benzene rings is 2. The van der Waals surface area contributed by atoms with E-state index in [4.69, 9.17) is 0 Å². The molecule has 0 aliphatic carbocycles. The average molecular weight is 341 g/mol. The van der Waals surface area contributed by atoms with E-state index in [1.54, 1.807) is 18.2 Å². The summed E-state index contributed by atoms with van der Waals surface area (Å²) < 4.78 is 41.2. The molecule has 0 atom stereocenters. The van der Waals surface area contributed by atoms with Crippen molar-refractivity contribution in [3.63, 3.8) is 0 Å². The quantitative estimate of drug-likeness (QED) is 0.623. The molecule has 1 aliphatic rings. The van der Waals surface area contributed by atoms with E-state index in [9.17, 15) is 22.8 Å². The minimum Gasteiger partial charge on any atom is -0.266 e. The first-order valence-corrected chi connectivity index (χ1v) is 7.43. The van der Waals surface area contributed by atoms with Crippen LogP contribution in [-0.4, -0.2) is 22.4 Å². The van der Waals surface area contributed by atoms with Crippen LogP contribution in [0.5, 0.6) is 0 Å². The topological polar surface area (TPSA) is 46.6 Å². The van der Waals surface area contributed by atoms with E-state index in [1.807, 2.05) is 13.0 Å². The van der Waals surface area contributed by atoms with Crippen molar-refractivity contribution >= 4 is 34.6 Å².